The number of benzene rings is 1. The standard InChI is InChI=1S/C23H38N2O4S/c1-3-25(30(26,27)4-2)20-23(12-18-28-19-13-23)21-8-10-22(11-9-21)29-17-7-16-24-14-5-6-15-24/h8-11H,3-7,12-20H2,1-2H3. The van der Waals surface area contributed by atoms with Crippen LogP contribution >= 0.6 is 0 Å². The zero-order chi connectivity index (χ0) is 21.5. The number of hydrogen-bond donors (Lipinski definition) is 0. The Morgan fingerprint density at radius 2 is 1.77 bits per heavy atom. The highest BCUT2D eigenvalue weighted by Crippen LogP contribution is 2.37. The maximum Gasteiger partial charge on any atom is 0.213 e. The van der Waals surface area contributed by atoms with Crippen molar-refractivity contribution in [2.45, 2.75) is 51.4 Å². The minimum atomic E-state index is -3.22. The van der Waals surface area contributed by atoms with Gasteiger partial charge in [0, 0.05) is 38.3 Å². The van der Waals surface area contributed by atoms with Gasteiger partial charge in [-0.1, -0.05) is 19.1 Å². The monoisotopic (exact) mass is 438 g/mol. The molecular weight excluding hydrogens is 400 g/mol. The summed E-state index contributed by atoms with van der Waals surface area (Å²) in [4.78, 5) is 2.51. The maximum absolute atomic E-state index is 12.5. The van der Waals surface area contributed by atoms with Crippen LogP contribution in [0.2, 0.25) is 0 Å². The molecule has 0 spiro atoms. The predicted octanol–water partition coefficient (Wildman–Crippen LogP) is 3.27. The molecule has 30 heavy (non-hydrogen) atoms. The number of ether oxygens (including phenoxy) is 2. The van der Waals surface area contributed by atoms with Gasteiger partial charge in [-0.15, -0.1) is 0 Å². The number of likely N-dealkylation sites (N-methyl/N-ethyl adjacent to an activating group) is 1. The molecule has 2 heterocycles. The molecule has 0 atom stereocenters. The molecule has 3 rings (SSSR count). The molecule has 0 bridgehead atoms. The van der Waals surface area contributed by atoms with Crippen molar-refractivity contribution >= 4 is 10.0 Å². The normalized spacial score (nSPS) is 20.0. The fraction of sp³-hybridized carbons (Fsp3) is 0.739. The predicted molar refractivity (Wildman–Crippen MR) is 121 cm³/mol. The topological polar surface area (TPSA) is 59.1 Å². The molecule has 0 amide bonds. The second-order valence-electron chi connectivity index (χ2n) is 8.49. The van der Waals surface area contributed by atoms with E-state index in [1.807, 2.05) is 19.1 Å². The van der Waals surface area contributed by atoms with Crippen LogP contribution < -0.4 is 4.74 Å². The lowest BCUT2D eigenvalue weighted by Gasteiger charge is -2.41. The first-order valence-electron chi connectivity index (χ1n) is 11.5. The van der Waals surface area contributed by atoms with Crippen LogP contribution in [0, 0.1) is 0 Å². The molecule has 0 saturated carbocycles. The van der Waals surface area contributed by atoms with Gasteiger partial charge in [0.05, 0.1) is 12.4 Å². The zero-order valence-corrected chi connectivity index (χ0v) is 19.5. The molecule has 0 aliphatic carbocycles. The summed E-state index contributed by atoms with van der Waals surface area (Å²) in [6.07, 6.45) is 5.36. The van der Waals surface area contributed by atoms with Crippen LogP contribution in [0.15, 0.2) is 24.3 Å². The van der Waals surface area contributed by atoms with Gasteiger partial charge in [-0.3, -0.25) is 0 Å². The summed E-state index contributed by atoms with van der Waals surface area (Å²) >= 11 is 0. The SMILES string of the molecule is CCN(CC1(c2ccc(OCCCN3CCCC3)cc2)CCOCC1)S(=O)(=O)CC. The zero-order valence-electron chi connectivity index (χ0n) is 18.6. The van der Waals surface area contributed by atoms with Gasteiger partial charge in [-0.25, -0.2) is 12.7 Å². The smallest absolute Gasteiger partial charge is 0.213 e. The molecular formula is C23H38N2O4S. The Balaban J connectivity index is 1.63. The van der Waals surface area contributed by atoms with Crippen molar-refractivity contribution in [2.24, 2.45) is 0 Å². The van der Waals surface area contributed by atoms with E-state index in [2.05, 4.69) is 17.0 Å². The van der Waals surface area contributed by atoms with E-state index in [1.54, 1.807) is 11.2 Å². The largest absolute Gasteiger partial charge is 0.494 e. The van der Waals surface area contributed by atoms with E-state index in [1.165, 1.54) is 31.5 Å². The van der Waals surface area contributed by atoms with Gasteiger partial charge in [-0.05, 0) is 69.8 Å². The Morgan fingerprint density at radius 3 is 2.37 bits per heavy atom. The first-order valence-corrected chi connectivity index (χ1v) is 13.1. The van der Waals surface area contributed by atoms with Crippen molar-refractivity contribution in [3.8, 4) is 5.75 Å². The molecule has 2 aliphatic rings. The van der Waals surface area contributed by atoms with Gasteiger partial charge in [-0.2, -0.15) is 0 Å². The van der Waals surface area contributed by atoms with E-state index in [0.717, 1.165) is 38.2 Å². The molecule has 0 N–H and O–H groups in total. The van der Waals surface area contributed by atoms with Crippen LogP contribution in [-0.4, -0.2) is 75.9 Å². The van der Waals surface area contributed by atoms with Crippen LogP contribution in [0.5, 0.6) is 5.75 Å². The van der Waals surface area contributed by atoms with Gasteiger partial charge >= 0.3 is 0 Å². The third-order valence-corrected chi connectivity index (χ3v) is 8.50. The van der Waals surface area contributed by atoms with E-state index in [-0.39, 0.29) is 11.2 Å². The number of sulfonamides is 1. The minimum Gasteiger partial charge on any atom is -0.494 e. The van der Waals surface area contributed by atoms with Crippen molar-refractivity contribution < 1.29 is 17.9 Å². The molecule has 7 heteroatoms. The van der Waals surface area contributed by atoms with Crippen LogP contribution in [0.4, 0.5) is 0 Å². The van der Waals surface area contributed by atoms with Gasteiger partial charge in [0.25, 0.3) is 0 Å². The average Bonchev–Trinajstić information content (AvgIpc) is 3.29. The summed E-state index contributed by atoms with van der Waals surface area (Å²) in [5.41, 5.74) is 0.977. The Kier molecular flexibility index (Phi) is 8.57. The highest BCUT2D eigenvalue weighted by atomic mass is 32.2. The maximum atomic E-state index is 12.5. The molecule has 0 radical (unpaired) electrons. The van der Waals surface area contributed by atoms with Gasteiger partial charge in [0.15, 0.2) is 0 Å². The Morgan fingerprint density at radius 1 is 1.10 bits per heavy atom. The summed E-state index contributed by atoms with van der Waals surface area (Å²) in [5.74, 6) is 1.02. The fourth-order valence-electron chi connectivity index (χ4n) is 4.62. The third kappa shape index (κ3) is 5.96. The van der Waals surface area contributed by atoms with Crippen molar-refractivity contribution in [3.63, 3.8) is 0 Å². The molecule has 0 unspecified atom stereocenters. The summed E-state index contributed by atoms with van der Waals surface area (Å²) in [7, 11) is -3.22. The number of rotatable bonds is 11. The van der Waals surface area contributed by atoms with Crippen LogP contribution in [0.25, 0.3) is 0 Å². The van der Waals surface area contributed by atoms with E-state index in [4.69, 9.17) is 9.47 Å². The highest BCUT2D eigenvalue weighted by Gasteiger charge is 2.38. The lowest BCUT2D eigenvalue weighted by molar-refractivity contribution is 0.0433. The van der Waals surface area contributed by atoms with Crippen LogP contribution in [0.1, 0.15) is 51.5 Å². The molecule has 2 fully saturated rings. The van der Waals surface area contributed by atoms with E-state index in [9.17, 15) is 8.42 Å². The average molecular weight is 439 g/mol. The molecule has 2 aliphatic heterocycles. The molecule has 6 nitrogen and oxygen atoms in total. The van der Waals surface area contributed by atoms with E-state index < -0.39 is 10.0 Å². The summed E-state index contributed by atoms with van der Waals surface area (Å²) in [6.45, 7) is 10.3. The quantitative estimate of drug-likeness (QED) is 0.496. The second kappa shape index (κ2) is 10.9. The summed E-state index contributed by atoms with van der Waals surface area (Å²) < 4.78 is 38.3. The van der Waals surface area contributed by atoms with Crippen LogP contribution in [0.3, 0.4) is 0 Å². The van der Waals surface area contributed by atoms with Gasteiger partial charge < -0.3 is 14.4 Å². The van der Waals surface area contributed by atoms with E-state index >= 15 is 0 Å². The highest BCUT2D eigenvalue weighted by molar-refractivity contribution is 7.89. The fourth-order valence-corrected chi connectivity index (χ4v) is 5.82. The van der Waals surface area contributed by atoms with Gasteiger partial charge in [0.1, 0.15) is 5.75 Å². The Hall–Kier alpha value is -1.15. The molecule has 170 valence electrons. The summed E-state index contributed by atoms with van der Waals surface area (Å²) in [5, 5.41) is 0. The molecule has 1 aromatic rings. The lowest BCUT2D eigenvalue weighted by atomic mass is 9.74. The van der Waals surface area contributed by atoms with Gasteiger partial charge in [0.2, 0.25) is 10.0 Å². The lowest BCUT2D eigenvalue weighted by Crippen LogP contribution is -2.47. The molecule has 1 aromatic carbocycles. The number of nitrogens with zero attached hydrogens (tertiary/aromatic N) is 2. The molecule has 2 saturated heterocycles. The van der Waals surface area contributed by atoms with Crippen molar-refractivity contribution in [1.29, 1.82) is 0 Å². The number of hydrogen-bond acceptors (Lipinski definition) is 5. The third-order valence-electron chi connectivity index (χ3n) is 6.59. The summed E-state index contributed by atoms with van der Waals surface area (Å²) in [6, 6.07) is 8.31. The minimum absolute atomic E-state index is 0.137. The first kappa shape index (κ1) is 23.5. The van der Waals surface area contributed by atoms with Crippen molar-refractivity contribution in [1.82, 2.24) is 9.21 Å². The van der Waals surface area contributed by atoms with Crippen molar-refractivity contribution in [3.05, 3.63) is 29.8 Å². The number of likely N-dealkylation sites (tertiary alicyclic amines) is 1. The molecule has 0 aromatic heterocycles. The van der Waals surface area contributed by atoms with E-state index in [0.29, 0.717) is 26.3 Å². The second-order valence-corrected chi connectivity index (χ2v) is 10.8. The van der Waals surface area contributed by atoms with Crippen molar-refractivity contribution in [2.75, 3.05) is 58.3 Å². The van der Waals surface area contributed by atoms with Crippen LogP contribution in [-0.2, 0) is 20.2 Å². The Bertz CT molecular complexity index is 739. The first-order chi connectivity index (χ1) is 14.5. The Labute approximate surface area is 182 Å².